The number of aryl methyl sites for hydroxylation is 1. The molecule has 28 heavy (non-hydrogen) atoms. The molecule has 7 nitrogen and oxygen atoms in total. The number of amides is 1. The third-order valence-corrected chi connectivity index (χ3v) is 4.34. The number of carbonyl (C=O) groups is 2. The lowest BCUT2D eigenvalue weighted by Crippen LogP contribution is -2.34. The summed E-state index contributed by atoms with van der Waals surface area (Å²) in [5, 5.41) is 9.96. The minimum Gasteiger partial charge on any atom is -0.507 e. The van der Waals surface area contributed by atoms with Crippen LogP contribution in [-0.2, 0) is 16.1 Å². The number of esters is 1. The summed E-state index contributed by atoms with van der Waals surface area (Å²) in [6.45, 7) is 3.89. The van der Waals surface area contributed by atoms with Crippen molar-refractivity contribution in [1.29, 1.82) is 0 Å². The predicted octanol–water partition coefficient (Wildman–Crippen LogP) is 2.92. The Morgan fingerprint density at radius 1 is 1.07 bits per heavy atom. The maximum Gasteiger partial charge on any atom is 0.342 e. The molecule has 0 aliphatic carbocycles. The van der Waals surface area contributed by atoms with Gasteiger partial charge in [-0.05, 0) is 43.2 Å². The molecular formula is C21H25NO6. The number of carbonyl (C=O) groups excluding carboxylic acids is 2. The molecule has 1 amide bonds. The first-order valence-electron chi connectivity index (χ1n) is 8.85. The lowest BCUT2D eigenvalue weighted by Gasteiger charge is -2.21. The van der Waals surface area contributed by atoms with E-state index in [9.17, 15) is 14.7 Å². The maximum absolute atomic E-state index is 12.5. The Balaban J connectivity index is 2.01. The van der Waals surface area contributed by atoms with Gasteiger partial charge in [-0.3, -0.25) is 4.79 Å². The second-order valence-corrected chi connectivity index (χ2v) is 6.14. The molecule has 0 radical (unpaired) electrons. The summed E-state index contributed by atoms with van der Waals surface area (Å²) >= 11 is 0. The summed E-state index contributed by atoms with van der Waals surface area (Å²) in [7, 11) is 3.10. The zero-order valence-corrected chi connectivity index (χ0v) is 16.5. The molecule has 0 spiro atoms. The first-order chi connectivity index (χ1) is 13.4. The van der Waals surface area contributed by atoms with E-state index >= 15 is 0 Å². The van der Waals surface area contributed by atoms with E-state index in [2.05, 4.69) is 0 Å². The number of benzene rings is 2. The molecule has 0 saturated carbocycles. The van der Waals surface area contributed by atoms with Crippen LogP contribution in [0.5, 0.6) is 17.2 Å². The van der Waals surface area contributed by atoms with Crippen LogP contribution in [0.15, 0.2) is 36.4 Å². The number of rotatable bonds is 8. The first kappa shape index (κ1) is 21.1. The molecule has 7 heteroatoms. The van der Waals surface area contributed by atoms with Crippen LogP contribution in [0.3, 0.4) is 0 Å². The zero-order valence-electron chi connectivity index (χ0n) is 16.5. The zero-order chi connectivity index (χ0) is 20.7. The number of aromatic hydroxyl groups is 1. The molecule has 0 heterocycles. The lowest BCUT2D eigenvalue weighted by molar-refractivity contribution is -0.134. The summed E-state index contributed by atoms with van der Waals surface area (Å²) in [4.78, 5) is 26.2. The monoisotopic (exact) mass is 387 g/mol. The largest absolute Gasteiger partial charge is 0.507 e. The molecule has 2 aromatic rings. The fraction of sp³-hybridized carbons (Fsp3) is 0.333. The topological polar surface area (TPSA) is 85.3 Å². The molecule has 0 aromatic heterocycles. The van der Waals surface area contributed by atoms with E-state index in [1.54, 1.807) is 50.3 Å². The quantitative estimate of drug-likeness (QED) is 0.701. The Hall–Kier alpha value is -3.22. The van der Waals surface area contributed by atoms with E-state index in [1.165, 1.54) is 6.07 Å². The number of para-hydroxylation sites is 1. The van der Waals surface area contributed by atoms with Gasteiger partial charge in [0.05, 0.1) is 14.2 Å². The molecule has 0 unspecified atom stereocenters. The van der Waals surface area contributed by atoms with Crippen molar-refractivity contribution in [2.75, 3.05) is 27.4 Å². The van der Waals surface area contributed by atoms with Crippen LogP contribution in [-0.4, -0.2) is 49.3 Å². The third kappa shape index (κ3) is 4.94. The second-order valence-electron chi connectivity index (χ2n) is 6.14. The molecule has 0 aliphatic rings. The van der Waals surface area contributed by atoms with Crippen LogP contribution < -0.4 is 9.47 Å². The summed E-state index contributed by atoms with van der Waals surface area (Å²) in [6.07, 6.45) is 0. The molecule has 2 rings (SSSR count). The number of likely N-dealkylation sites (N-methyl/N-ethyl adjacent to an activating group) is 1. The van der Waals surface area contributed by atoms with Gasteiger partial charge >= 0.3 is 5.97 Å². The molecule has 2 aromatic carbocycles. The maximum atomic E-state index is 12.5. The highest BCUT2D eigenvalue weighted by atomic mass is 16.5. The fourth-order valence-electron chi connectivity index (χ4n) is 2.70. The van der Waals surface area contributed by atoms with Crippen molar-refractivity contribution in [3.63, 3.8) is 0 Å². The van der Waals surface area contributed by atoms with Crippen LogP contribution >= 0.6 is 0 Å². The van der Waals surface area contributed by atoms with E-state index in [4.69, 9.17) is 14.2 Å². The number of nitrogens with zero attached hydrogens (tertiary/aromatic N) is 1. The van der Waals surface area contributed by atoms with Gasteiger partial charge < -0.3 is 24.2 Å². The number of methoxy groups -OCH3 is 2. The number of phenolic OH excluding ortho intramolecular Hbond substituents is 1. The average molecular weight is 387 g/mol. The highest BCUT2D eigenvalue weighted by molar-refractivity contribution is 5.94. The highest BCUT2D eigenvalue weighted by Gasteiger charge is 2.19. The molecular weight excluding hydrogens is 362 g/mol. The van der Waals surface area contributed by atoms with Gasteiger partial charge in [-0.25, -0.2) is 4.79 Å². The summed E-state index contributed by atoms with van der Waals surface area (Å²) < 4.78 is 15.6. The summed E-state index contributed by atoms with van der Waals surface area (Å²) in [5.74, 6) is -0.0375. The Labute approximate surface area is 164 Å². The molecule has 1 N–H and O–H groups in total. The number of hydrogen-bond acceptors (Lipinski definition) is 6. The summed E-state index contributed by atoms with van der Waals surface area (Å²) in [5.41, 5.74) is 1.45. The Kier molecular flexibility index (Phi) is 7.26. The van der Waals surface area contributed by atoms with Crippen molar-refractivity contribution in [2.45, 2.75) is 20.4 Å². The van der Waals surface area contributed by atoms with Gasteiger partial charge in [-0.1, -0.05) is 18.2 Å². The van der Waals surface area contributed by atoms with Gasteiger partial charge in [0.1, 0.15) is 11.3 Å². The third-order valence-electron chi connectivity index (χ3n) is 4.34. The Bertz CT molecular complexity index is 849. The highest BCUT2D eigenvalue weighted by Crippen LogP contribution is 2.28. The standard InChI is InChI=1S/C21H25NO6/c1-5-22(12-15-9-10-17(26-3)18(11-15)27-4)19(23)13-28-21(25)16-8-6-7-14(2)20(16)24/h6-11,24H,5,12-13H2,1-4H3. The number of ether oxygens (including phenoxy) is 3. The Morgan fingerprint density at radius 3 is 2.43 bits per heavy atom. The lowest BCUT2D eigenvalue weighted by atomic mass is 10.1. The molecule has 0 bridgehead atoms. The van der Waals surface area contributed by atoms with E-state index in [-0.39, 0.29) is 17.2 Å². The van der Waals surface area contributed by atoms with Gasteiger partial charge in [0, 0.05) is 13.1 Å². The molecule has 0 fully saturated rings. The minimum atomic E-state index is -0.739. The van der Waals surface area contributed by atoms with Crippen molar-refractivity contribution in [3.8, 4) is 17.2 Å². The summed E-state index contributed by atoms with van der Waals surface area (Å²) in [6, 6.07) is 10.2. The van der Waals surface area contributed by atoms with Crippen molar-refractivity contribution in [1.82, 2.24) is 4.90 Å². The van der Waals surface area contributed by atoms with Gasteiger partial charge in [0.25, 0.3) is 5.91 Å². The minimum absolute atomic E-state index is 0.0377. The normalized spacial score (nSPS) is 10.3. The van der Waals surface area contributed by atoms with Gasteiger partial charge in [0.2, 0.25) is 0 Å². The van der Waals surface area contributed by atoms with E-state index in [0.717, 1.165) is 5.56 Å². The van der Waals surface area contributed by atoms with Crippen LogP contribution in [0.4, 0.5) is 0 Å². The Morgan fingerprint density at radius 2 is 1.79 bits per heavy atom. The van der Waals surface area contributed by atoms with E-state index < -0.39 is 12.6 Å². The van der Waals surface area contributed by atoms with Crippen molar-refractivity contribution >= 4 is 11.9 Å². The van der Waals surface area contributed by atoms with Gasteiger partial charge in [0.15, 0.2) is 18.1 Å². The fourth-order valence-corrected chi connectivity index (χ4v) is 2.70. The average Bonchev–Trinajstić information content (AvgIpc) is 2.71. The van der Waals surface area contributed by atoms with E-state index in [0.29, 0.717) is 30.2 Å². The predicted molar refractivity (Wildman–Crippen MR) is 104 cm³/mol. The molecule has 0 aliphatic heterocycles. The van der Waals surface area contributed by atoms with E-state index in [1.807, 2.05) is 13.0 Å². The van der Waals surface area contributed by atoms with Gasteiger partial charge in [-0.15, -0.1) is 0 Å². The van der Waals surface area contributed by atoms with Crippen LogP contribution in [0.25, 0.3) is 0 Å². The van der Waals surface area contributed by atoms with Crippen molar-refractivity contribution < 1.29 is 28.9 Å². The SMILES string of the molecule is CCN(Cc1ccc(OC)c(OC)c1)C(=O)COC(=O)c1cccc(C)c1O. The number of hydrogen-bond donors (Lipinski definition) is 1. The first-order valence-corrected chi connectivity index (χ1v) is 8.85. The smallest absolute Gasteiger partial charge is 0.342 e. The van der Waals surface area contributed by atoms with Crippen molar-refractivity contribution in [2.24, 2.45) is 0 Å². The van der Waals surface area contributed by atoms with Gasteiger partial charge in [-0.2, -0.15) is 0 Å². The van der Waals surface area contributed by atoms with Crippen LogP contribution in [0.2, 0.25) is 0 Å². The number of phenols is 1. The molecule has 150 valence electrons. The molecule has 0 atom stereocenters. The van der Waals surface area contributed by atoms with Crippen molar-refractivity contribution in [3.05, 3.63) is 53.1 Å². The molecule has 0 saturated heterocycles. The van der Waals surface area contributed by atoms with Crippen LogP contribution in [0, 0.1) is 6.92 Å². The second kappa shape index (κ2) is 9.64. The van der Waals surface area contributed by atoms with Crippen LogP contribution in [0.1, 0.15) is 28.4 Å².